The van der Waals surface area contributed by atoms with Crippen molar-refractivity contribution < 1.29 is 50.9 Å². The van der Waals surface area contributed by atoms with Gasteiger partial charge in [-0.15, -0.1) is 0 Å². The van der Waals surface area contributed by atoms with Gasteiger partial charge in [0.05, 0.1) is 22.1 Å². The van der Waals surface area contributed by atoms with Crippen molar-refractivity contribution in [3.8, 4) is 0 Å². The third-order valence-electron chi connectivity index (χ3n) is 8.87. The minimum Gasteiger partial charge on any atom is -0.748 e. The number of nitrogens with one attached hydrogen (secondary N) is 2. The first-order chi connectivity index (χ1) is 25.5. The molecule has 15 heteroatoms. The molecule has 1 aliphatic rings. The summed E-state index contributed by atoms with van der Waals surface area (Å²) in [7, 11) is -3.92. The van der Waals surface area contributed by atoms with Gasteiger partial charge in [0, 0.05) is 25.8 Å². The van der Waals surface area contributed by atoms with Gasteiger partial charge in [0.2, 0.25) is 5.51 Å². The van der Waals surface area contributed by atoms with Crippen molar-refractivity contribution >= 4 is 39.6 Å². The lowest BCUT2D eigenvalue weighted by Crippen LogP contribution is -2.46. The van der Waals surface area contributed by atoms with Crippen LogP contribution in [-0.4, -0.2) is 82.0 Å². The van der Waals surface area contributed by atoms with E-state index in [2.05, 4.69) is 27.6 Å². The molecule has 0 aromatic carbocycles. The normalized spacial score (nSPS) is 16.2. The highest BCUT2D eigenvalue weighted by atomic mass is 32.2. The maximum atomic E-state index is 12.6. The molecule has 1 fully saturated rings. The SMILES string of the molecule is CCCCCCCCCCCCCCCCCNC(=O)O[C@@H]1CCCO[C@H]1COC(=O)NC(CCCCC[n+]1ccsc1)C(=O)OCC.CS(=O)(=O)[O-]. The molecule has 2 rings (SSSR count). The number of ether oxygens (including phenoxy) is 4. The number of aryl methyl sites for hydroxylation is 1. The molecule has 0 saturated carbocycles. The van der Waals surface area contributed by atoms with E-state index in [4.69, 9.17) is 31.9 Å². The van der Waals surface area contributed by atoms with Gasteiger partial charge in [-0.1, -0.05) is 115 Å². The van der Waals surface area contributed by atoms with E-state index in [0.717, 1.165) is 45.1 Å². The van der Waals surface area contributed by atoms with E-state index in [9.17, 15) is 14.4 Å². The number of carbonyl (C=O) groups excluding carboxylic acids is 3. The maximum absolute atomic E-state index is 12.6. The Kier molecular flexibility index (Phi) is 29.1. The molecule has 1 aromatic rings. The highest BCUT2D eigenvalue weighted by Crippen LogP contribution is 2.19. The lowest BCUT2D eigenvalue weighted by Gasteiger charge is -2.31. The number of amides is 2. The molecular weight excluding hydrogens is 723 g/mol. The maximum Gasteiger partial charge on any atom is 0.407 e. The topological polar surface area (TPSA) is 173 Å². The van der Waals surface area contributed by atoms with Crippen LogP contribution in [0.4, 0.5) is 9.59 Å². The van der Waals surface area contributed by atoms with Crippen LogP contribution in [0.2, 0.25) is 0 Å². The molecule has 2 N–H and O–H groups in total. The number of alkyl carbamates (subject to hydrolysis) is 2. The minimum atomic E-state index is -3.92. The minimum absolute atomic E-state index is 0.0732. The fraction of sp³-hybridized carbons (Fsp3) is 0.842. The van der Waals surface area contributed by atoms with E-state index >= 15 is 0 Å². The van der Waals surface area contributed by atoms with Gasteiger partial charge in [-0.05, 0) is 39.0 Å². The molecule has 1 saturated heterocycles. The lowest BCUT2D eigenvalue weighted by atomic mass is 10.0. The van der Waals surface area contributed by atoms with E-state index in [1.807, 2.05) is 11.6 Å². The molecular formula is C38H69N3O10S2. The quantitative estimate of drug-likeness (QED) is 0.0284. The Morgan fingerprint density at radius 3 is 2.02 bits per heavy atom. The Labute approximate surface area is 323 Å². The van der Waals surface area contributed by atoms with Gasteiger partial charge in [0.1, 0.15) is 31.4 Å². The van der Waals surface area contributed by atoms with Crippen LogP contribution in [0.5, 0.6) is 0 Å². The molecule has 0 bridgehead atoms. The van der Waals surface area contributed by atoms with E-state index in [1.165, 1.54) is 83.5 Å². The Hall–Kier alpha value is -2.49. The summed E-state index contributed by atoms with van der Waals surface area (Å²) < 4.78 is 51.4. The van der Waals surface area contributed by atoms with Crippen LogP contribution in [0, 0.1) is 0 Å². The Morgan fingerprint density at radius 1 is 0.868 bits per heavy atom. The molecule has 2 amide bonds. The molecule has 3 atom stereocenters. The Balaban J connectivity index is 0.00000262. The zero-order valence-electron chi connectivity index (χ0n) is 32.7. The van der Waals surface area contributed by atoms with Crippen molar-refractivity contribution in [3.63, 3.8) is 0 Å². The number of hydrogen-bond acceptors (Lipinski definition) is 11. The summed E-state index contributed by atoms with van der Waals surface area (Å²) in [6.07, 6.45) is 24.5. The molecule has 1 aromatic heterocycles. The van der Waals surface area contributed by atoms with E-state index in [-0.39, 0.29) is 13.2 Å². The number of thiazole rings is 1. The van der Waals surface area contributed by atoms with Crippen molar-refractivity contribution in [2.45, 2.75) is 173 Å². The first-order valence-corrected chi connectivity index (χ1v) is 22.8. The summed E-state index contributed by atoms with van der Waals surface area (Å²) in [5.41, 5.74) is 2.07. The molecule has 0 spiro atoms. The highest BCUT2D eigenvalue weighted by Gasteiger charge is 2.31. The Morgan fingerprint density at radius 2 is 1.45 bits per heavy atom. The monoisotopic (exact) mass is 791 g/mol. The third kappa shape index (κ3) is 29.5. The number of unbranched alkanes of at least 4 members (excludes halogenated alkanes) is 16. The summed E-state index contributed by atoms with van der Waals surface area (Å²) in [4.78, 5) is 37.6. The number of nitrogens with zero attached hydrogens (tertiary/aromatic N) is 1. The van der Waals surface area contributed by atoms with Gasteiger partial charge < -0.3 is 34.1 Å². The molecule has 53 heavy (non-hydrogen) atoms. The summed E-state index contributed by atoms with van der Waals surface area (Å²) in [5.74, 6) is -0.470. The first kappa shape index (κ1) is 48.5. The van der Waals surface area contributed by atoms with Crippen LogP contribution in [0.25, 0.3) is 0 Å². The average molecular weight is 792 g/mol. The van der Waals surface area contributed by atoms with Crippen molar-refractivity contribution in [1.29, 1.82) is 0 Å². The zero-order chi connectivity index (χ0) is 39.0. The van der Waals surface area contributed by atoms with Crippen LogP contribution in [0.3, 0.4) is 0 Å². The molecule has 1 aliphatic heterocycles. The average Bonchev–Trinajstić information content (AvgIpc) is 3.63. The van der Waals surface area contributed by atoms with Gasteiger partial charge in [-0.3, -0.25) is 0 Å². The van der Waals surface area contributed by atoms with Gasteiger partial charge in [0.15, 0.2) is 6.20 Å². The van der Waals surface area contributed by atoms with Gasteiger partial charge >= 0.3 is 18.2 Å². The molecule has 2 heterocycles. The van der Waals surface area contributed by atoms with Gasteiger partial charge in [0.25, 0.3) is 0 Å². The van der Waals surface area contributed by atoms with Gasteiger partial charge in [-0.25, -0.2) is 22.8 Å². The second-order valence-corrected chi connectivity index (χ2v) is 15.9. The third-order valence-corrected chi connectivity index (χ3v) is 9.54. The second kappa shape index (κ2) is 31.8. The summed E-state index contributed by atoms with van der Waals surface area (Å²) in [5, 5.41) is 7.56. The largest absolute Gasteiger partial charge is 0.748 e. The standard InChI is InChI=1S/C37H65N3O7S.CH4O3S/c1-3-5-6-7-8-9-10-11-12-13-14-15-16-17-20-25-38-36(42)47-33-24-22-28-45-34(33)30-46-37(43)39-32(35(41)44-4-2)23-19-18-21-26-40-27-29-48-31-40;1-5(2,3)4/h27,29,31-34H,3-26,28,30H2,1-2H3,(H-,38,39,42,43);1H3,(H,2,3,4)/t32?,33-,34+;/m1./s1. The van der Waals surface area contributed by atoms with Crippen LogP contribution in [0.1, 0.15) is 149 Å². The number of rotatable bonds is 28. The summed E-state index contributed by atoms with van der Waals surface area (Å²) in [6.45, 7) is 6.17. The first-order valence-electron chi connectivity index (χ1n) is 20.0. The predicted octanol–water partition coefficient (Wildman–Crippen LogP) is 7.56. The number of esters is 1. The summed E-state index contributed by atoms with van der Waals surface area (Å²) >= 11 is 1.66. The van der Waals surface area contributed by atoms with E-state index in [0.29, 0.717) is 32.2 Å². The number of hydrogen-bond donors (Lipinski definition) is 2. The smallest absolute Gasteiger partial charge is 0.407 e. The van der Waals surface area contributed by atoms with Crippen molar-refractivity contribution in [2.24, 2.45) is 0 Å². The van der Waals surface area contributed by atoms with Crippen LogP contribution in [0.15, 0.2) is 17.1 Å². The molecule has 308 valence electrons. The van der Waals surface area contributed by atoms with Crippen molar-refractivity contribution in [2.75, 3.05) is 32.6 Å². The zero-order valence-corrected chi connectivity index (χ0v) is 34.3. The van der Waals surface area contributed by atoms with E-state index in [1.54, 1.807) is 18.3 Å². The number of aromatic nitrogens is 1. The molecule has 0 aliphatic carbocycles. The summed E-state index contributed by atoms with van der Waals surface area (Å²) in [6, 6.07) is -0.781. The molecule has 0 radical (unpaired) electrons. The van der Waals surface area contributed by atoms with Gasteiger partial charge in [-0.2, -0.15) is 4.57 Å². The fourth-order valence-electron chi connectivity index (χ4n) is 6.01. The second-order valence-electron chi connectivity index (χ2n) is 13.7. The van der Waals surface area contributed by atoms with E-state index < -0.39 is 46.5 Å². The highest BCUT2D eigenvalue weighted by molar-refractivity contribution is 7.84. The van der Waals surface area contributed by atoms with Crippen LogP contribution in [-0.2, 0) is 40.4 Å². The number of carbonyl (C=O) groups is 3. The molecule has 1 unspecified atom stereocenters. The lowest BCUT2D eigenvalue weighted by molar-refractivity contribution is -0.692. The predicted molar refractivity (Wildman–Crippen MR) is 206 cm³/mol. The van der Waals surface area contributed by atoms with Crippen LogP contribution < -0.4 is 15.2 Å². The molecule has 13 nitrogen and oxygen atoms in total. The van der Waals surface area contributed by atoms with Crippen molar-refractivity contribution in [3.05, 3.63) is 17.1 Å². The van der Waals surface area contributed by atoms with Crippen LogP contribution >= 0.6 is 11.3 Å². The van der Waals surface area contributed by atoms with Crippen molar-refractivity contribution in [1.82, 2.24) is 10.6 Å². The fourth-order valence-corrected chi connectivity index (χ4v) is 6.64. The Bertz CT molecular complexity index is 1160.